The number of fused-ring (bicyclic) bond motifs is 1. The molecule has 2 aromatic rings. The fourth-order valence-electron chi connectivity index (χ4n) is 2.34. The third-order valence-electron chi connectivity index (χ3n) is 3.34. The van der Waals surface area contributed by atoms with E-state index in [1.807, 2.05) is 18.2 Å². The highest BCUT2D eigenvalue weighted by molar-refractivity contribution is 5.90. The first-order chi connectivity index (χ1) is 8.93. The molecule has 2 heterocycles. The lowest BCUT2D eigenvalue weighted by molar-refractivity contribution is 0.0248. The Morgan fingerprint density at radius 3 is 3.11 bits per heavy atom. The lowest BCUT2D eigenvalue weighted by atomic mass is 10.1. The predicted molar refractivity (Wildman–Crippen MR) is 71.6 cm³/mol. The fraction of sp³-hybridized carbons (Fsp3) is 0.429. The highest BCUT2D eigenvalue weighted by atomic mass is 16.5. The minimum Gasteiger partial charge on any atom is -0.381 e. The summed E-state index contributed by atoms with van der Waals surface area (Å²) in [6.07, 6.45) is 5.71. The van der Waals surface area contributed by atoms with E-state index >= 15 is 0 Å². The van der Waals surface area contributed by atoms with Crippen molar-refractivity contribution in [3.8, 4) is 0 Å². The van der Waals surface area contributed by atoms with Crippen molar-refractivity contribution in [2.24, 2.45) is 0 Å². The smallest absolute Gasteiger partial charge is 0.0950 e. The van der Waals surface area contributed by atoms with Gasteiger partial charge in [-0.05, 0) is 25.3 Å². The summed E-state index contributed by atoms with van der Waals surface area (Å²) in [7, 11) is 0. The molecule has 1 N–H and O–H groups in total. The number of nitrogens with one attached hydrogen (secondary N) is 1. The van der Waals surface area contributed by atoms with Crippen LogP contribution in [0.4, 0.5) is 5.69 Å². The number of ether oxygens (including phenoxy) is 1. The first kappa shape index (κ1) is 11.4. The van der Waals surface area contributed by atoms with Gasteiger partial charge in [0, 0.05) is 18.5 Å². The summed E-state index contributed by atoms with van der Waals surface area (Å²) in [5.41, 5.74) is 1.96. The number of aromatic nitrogens is 2. The monoisotopic (exact) mass is 243 g/mol. The van der Waals surface area contributed by atoms with E-state index in [1.54, 1.807) is 6.20 Å². The quantitative estimate of drug-likeness (QED) is 0.900. The third kappa shape index (κ3) is 2.43. The zero-order chi connectivity index (χ0) is 12.2. The van der Waals surface area contributed by atoms with Gasteiger partial charge >= 0.3 is 0 Å². The van der Waals surface area contributed by atoms with E-state index in [0.717, 1.165) is 36.2 Å². The topological polar surface area (TPSA) is 47.0 Å². The molecule has 0 radical (unpaired) electrons. The minimum atomic E-state index is 0.325. The van der Waals surface area contributed by atoms with Crippen molar-refractivity contribution < 1.29 is 4.74 Å². The first-order valence-corrected chi connectivity index (χ1v) is 6.49. The van der Waals surface area contributed by atoms with Crippen molar-refractivity contribution in [1.29, 1.82) is 0 Å². The van der Waals surface area contributed by atoms with Gasteiger partial charge in [-0.15, -0.1) is 0 Å². The minimum absolute atomic E-state index is 0.325. The van der Waals surface area contributed by atoms with Crippen LogP contribution in [0.15, 0.2) is 30.5 Å². The number of hydrogen-bond donors (Lipinski definition) is 1. The Labute approximate surface area is 106 Å². The normalized spacial score (nSPS) is 19.9. The highest BCUT2D eigenvalue weighted by Gasteiger charge is 2.13. The summed E-state index contributed by atoms with van der Waals surface area (Å²) in [6, 6.07) is 8.04. The van der Waals surface area contributed by atoms with Crippen molar-refractivity contribution in [2.75, 3.05) is 18.5 Å². The molecule has 1 atom stereocenters. The van der Waals surface area contributed by atoms with Crippen LogP contribution < -0.4 is 5.32 Å². The second kappa shape index (κ2) is 5.31. The second-order valence-corrected chi connectivity index (χ2v) is 4.64. The van der Waals surface area contributed by atoms with E-state index in [9.17, 15) is 0 Å². The standard InChI is InChI=1S/C14H17N3O/c1-2-7-13-12(6-1)14(10-16-17-13)15-9-11-5-3-4-8-18-11/h1-2,6-7,10-11H,3-5,8-9H2,(H,15,17). The third-order valence-corrected chi connectivity index (χ3v) is 3.34. The van der Waals surface area contributed by atoms with E-state index in [2.05, 4.69) is 21.6 Å². The molecule has 1 saturated heterocycles. The van der Waals surface area contributed by atoms with Gasteiger partial charge in [-0.25, -0.2) is 0 Å². The average molecular weight is 243 g/mol. The number of anilines is 1. The van der Waals surface area contributed by atoms with Crippen molar-refractivity contribution in [2.45, 2.75) is 25.4 Å². The zero-order valence-corrected chi connectivity index (χ0v) is 10.3. The molecule has 1 unspecified atom stereocenters. The molecule has 0 aliphatic carbocycles. The van der Waals surface area contributed by atoms with Gasteiger partial charge in [0.15, 0.2) is 0 Å². The summed E-state index contributed by atoms with van der Waals surface area (Å²) in [6.45, 7) is 1.73. The Balaban J connectivity index is 1.74. The zero-order valence-electron chi connectivity index (χ0n) is 10.3. The van der Waals surface area contributed by atoms with E-state index < -0.39 is 0 Å². The van der Waals surface area contributed by atoms with Crippen LogP contribution in [-0.2, 0) is 4.74 Å². The van der Waals surface area contributed by atoms with Crippen LogP contribution in [0.3, 0.4) is 0 Å². The number of hydrogen-bond acceptors (Lipinski definition) is 4. The maximum Gasteiger partial charge on any atom is 0.0950 e. The van der Waals surface area contributed by atoms with Gasteiger partial charge in [0.05, 0.1) is 23.5 Å². The molecular formula is C14H17N3O. The Morgan fingerprint density at radius 2 is 2.22 bits per heavy atom. The Hall–Kier alpha value is -1.68. The molecule has 0 spiro atoms. The molecule has 1 aromatic heterocycles. The van der Waals surface area contributed by atoms with Crippen LogP contribution in [0.2, 0.25) is 0 Å². The Morgan fingerprint density at radius 1 is 1.28 bits per heavy atom. The van der Waals surface area contributed by atoms with Crippen LogP contribution in [0.1, 0.15) is 19.3 Å². The Kier molecular flexibility index (Phi) is 3.37. The van der Waals surface area contributed by atoms with Crippen LogP contribution in [0.5, 0.6) is 0 Å². The summed E-state index contributed by atoms with van der Waals surface area (Å²) < 4.78 is 5.71. The molecule has 3 rings (SSSR count). The summed E-state index contributed by atoms with van der Waals surface area (Å²) in [5, 5.41) is 12.7. The van der Waals surface area contributed by atoms with E-state index in [1.165, 1.54) is 12.8 Å². The molecular weight excluding hydrogens is 226 g/mol. The fourth-order valence-corrected chi connectivity index (χ4v) is 2.34. The van der Waals surface area contributed by atoms with Gasteiger partial charge in [-0.1, -0.05) is 18.2 Å². The van der Waals surface area contributed by atoms with Crippen molar-refractivity contribution in [1.82, 2.24) is 10.2 Å². The number of nitrogens with zero attached hydrogens (tertiary/aromatic N) is 2. The SMILES string of the molecule is c1ccc2c(NCC3CCCCO3)cnnc2c1. The number of benzene rings is 1. The average Bonchev–Trinajstić information content (AvgIpc) is 2.46. The molecule has 1 aliphatic heterocycles. The van der Waals surface area contributed by atoms with Crippen LogP contribution in [0, 0.1) is 0 Å². The summed E-state index contributed by atoms with van der Waals surface area (Å²) in [5.74, 6) is 0. The van der Waals surface area contributed by atoms with Gasteiger partial charge in [0.25, 0.3) is 0 Å². The van der Waals surface area contributed by atoms with Crippen LogP contribution >= 0.6 is 0 Å². The van der Waals surface area contributed by atoms with Gasteiger partial charge in [0.1, 0.15) is 0 Å². The molecule has 18 heavy (non-hydrogen) atoms. The largest absolute Gasteiger partial charge is 0.381 e. The van der Waals surface area contributed by atoms with Gasteiger partial charge in [-0.2, -0.15) is 10.2 Å². The molecule has 94 valence electrons. The van der Waals surface area contributed by atoms with Gasteiger partial charge < -0.3 is 10.1 Å². The molecule has 0 bridgehead atoms. The highest BCUT2D eigenvalue weighted by Crippen LogP contribution is 2.20. The second-order valence-electron chi connectivity index (χ2n) is 4.64. The van der Waals surface area contributed by atoms with Gasteiger partial charge in [-0.3, -0.25) is 0 Å². The molecule has 0 amide bonds. The van der Waals surface area contributed by atoms with E-state index in [-0.39, 0.29) is 0 Å². The number of rotatable bonds is 3. The van der Waals surface area contributed by atoms with Crippen LogP contribution in [0.25, 0.3) is 10.9 Å². The molecule has 1 aromatic carbocycles. The van der Waals surface area contributed by atoms with Gasteiger partial charge in [0.2, 0.25) is 0 Å². The molecule has 1 fully saturated rings. The Bertz CT molecular complexity index is 518. The van der Waals surface area contributed by atoms with E-state index in [0.29, 0.717) is 6.10 Å². The maximum absolute atomic E-state index is 5.71. The summed E-state index contributed by atoms with van der Waals surface area (Å²) >= 11 is 0. The maximum atomic E-state index is 5.71. The van der Waals surface area contributed by atoms with Crippen molar-refractivity contribution >= 4 is 16.6 Å². The summed E-state index contributed by atoms with van der Waals surface area (Å²) in [4.78, 5) is 0. The molecule has 0 saturated carbocycles. The molecule has 1 aliphatic rings. The lowest BCUT2D eigenvalue weighted by Gasteiger charge is -2.23. The van der Waals surface area contributed by atoms with Crippen molar-refractivity contribution in [3.63, 3.8) is 0 Å². The van der Waals surface area contributed by atoms with Crippen LogP contribution in [-0.4, -0.2) is 29.5 Å². The van der Waals surface area contributed by atoms with E-state index in [4.69, 9.17) is 4.74 Å². The van der Waals surface area contributed by atoms with Crippen molar-refractivity contribution in [3.05, 3.63) is 30.5 Å². The first-order valence-electron chi connectivity index (χ1n) is 6.49. The lowest BCUT2D eigenvalue weighted by Crippen LogP contribution is -2.27. The molecule has 4 heteroatoms. The predicted octanol–water partition coefficient (Wildman–Crippen LogP) is 2.61. The molecule has 4 nitrogen and oxygen atoms in total.